The van der Waals surface area contributed by atoms with E-state index in [1.807, 2.05) is 6.07 Å². The minimum Gasteiger partial charge on any atom is -0.455 e. The highest BCUT2D eigenvalue weighted by molar-refractivity contribution is 6.31. The zero-order valence-corrected chi connectivity index (χ0v) is 13.9. The molecule has 0 aromatic heterocycles. The molecule has 1 N–H and O–H groups in total. The zero-order valence-electron chi connectivity index (χ0n) is 13.1. The van der Waals surface area contributed by atoms with Crippen LogP contribution in [0.15, 0.2) is 60.7 Å². The average Bonchev–Trinajstić information content (AvgIpc) is 2.63. The first-order valence-electron chi connectivity index (χ1n) is 7.43. The molecule has 7 heteroatoms. The van der Waals surface area contributed by atoms with Crippen molar-refractivity contribution in [2.75, 3.05) is 5.32 Å². The number of para-hydroxylation sites is 1. The van der Waals surface area contributed by atoms with Crippen molar-refractivity contribution in [2.24, 2.45) is 0 Å². The highest BCUT2D eigenvalue weighted by Crippen LogP contribution is 2.32. The van der Waals surface area contributed by atoms with E-state index in [1.165, 1.54) is 12.1 Å². The third-order valence-corrected chi connectivity index (χ3v) is 3.68. The van der Waals surface area contributed by atoms with Crippen LogP contribution in [0.4, 0.5) is 18.9 Å². The predicted molar refractivity (Wildman–Crippen MR) is 92.2 cm³/mol. The van der Waals surface area contributed by atoms with Crippen LogP contribution in [0.25, 0.3) is 0 Å². The van der Waals surface area contributed by atoms with Crippen molar-refractivity contribution in [1.29, 1.82) is 0 Å². The smallest absolute Gasteiger partial charge is 0.258 e. The number of nitrogens with one attached hydrogen (secondary N) is 1. The lowest BCUT2D eigenvalue weighted by Crippen LogP contribution is -2.15. The summed E-state index contributed by atoms with van der Waals surface area (Å²) in [6.45, 7) is 0. The minimum atomic E-state index is -1.72. The Kier molecular flexibility index (Phi) is 5.14. The van der Waals surface area contributed by atoms with E-state index in [0.717, 1.165) is 6.07 Å². The summed E-state index contributed by atoms with van der Waals surface area (Å²) < 4.78 is 45.9. The molecule has 132 valence electrons. The molecule has 3 aromatic carbocycles. The molecular weight excluding hydrogens is 367 g/mol. The number of benzene rings is 3. The molecule has 0 radical (unpaired) electrons. The van der Waals surface area contributed by atoms with Crippen molar-refractivity contribution >= 4 is 23.2 Å². The fraction of sp³-hybridized carbons (Fsp3) is 0. The number of rotatable bonds is 4. The standard InChI is InChI=1S/C19H11ClF3NO2/c20-11-6-9-16(26-12-4-2-1-3-5-12)15(10-11)24-19(25)13-7-8-14(21)18(23)17(13)22/h1-10H,(H,24,25). The molecule has 0 unspecified atom stereocenters. The Morgan fingerprint density at radius 2 is 1.65 bits per heavy atom. The summed E-state index contributed by atoms with van der Waals surface area (Å²) in [4.78, 5) is 12.3. The maximum absolute atomic E-state index is 13.8. The Labute approximate surface area is 152 Å². The van der Waals surface area contributed by atoms with Gasteiger partial charge >= 0.3 is 0 Å². The van der Waals surface area contributed by atoms with Gasteiger partial charge in [0, 0.05) is 5.02 Å². The van der Waals surface area contributed by atoms with E-state index in [-0.39, 0.29) is 11.4 Å². The molecule has 1 amide bonds. The Hall–Kier alpha value is -2.99. The third kappa shape index (κ3) is 3.81. The van der Waals surface area contributed by atoms with Gasteiger partial charge in [0.15, 0.2) is 23.2 Å². The summed E-state index contributed by atoms with van der Waals surface area (Å²) in [6, 6.07) is 14.7. The molecule has 0 fully saturated rings. The van der Waals surface area contributed by atoms with Gasteiger partial charge in [-0.15, -0.1) is 0 Å². The second kappa shape index (κ2) is 7.49. The molecule has 0 bridgehead atoms. The van der Waals surface area contributed by atoms with Crippen LogP contribution in [0.5, 0.6) is 11.5 Å². The van der Waals surface area contributed by atoms with Crippen molar-refractivity contribution < 1.29 is 22.7 Å². The molecule has 3 nitrogen and oxygen atoms in total. The molecule has 3 aromatic rings. The topological polar surface area (TPSA) is 38.3 Å². The SMILES string of the molecule is O=C(Nc1cc(Cl)ccc1Oc1ccccc1)c1ccc(F)c(F)c1F. The van der Waals surface area contributed by atoms with E-state index in [2.05, 4.69) is 5.32 Å². The van der Waals surface area contributed by atoms with Gasteiger partial charge in [-0.1, -0.05) is 29.8 Å². The first-order valence-corrected chi connectivity index (χ1v) is 7.81. The first kappa shape index (κ1) is 17.8. The number of hydrogen-bond donors (Lipinski definition) is 1. The van der Waals surface area contributed by atoms with Crippen molar-refractivity contribution in [3.63, 3.8) is 0 Å². The van der Waals surface area contributed by atoms with Gasteiger partial charge in [0.1, 0.15) is 5.75 Å². The molecule has 0 aliphatic rings. The summed E-state index contributed by atoms with van der Waals surface area (Å²) in [6.07, 6.45) is 0. The molecule has 3 rings (SSSR count). The van der Waals surface area contributed by atoms with E-state index in [1.54, 1.807) is 30.3 Å². The molecule has 0 aliphatic carbocycles. The molecule has 0 saturated heterocycles. The number of hydrogen-bond acceptors (Lipinski definition) is 2. The summed E-state index contributed by atoms with van der Waals surface area (Å²) in [7, 11) is 0. The lowest BCUT2D eigenvalue weighted by atomic mass is 10.1. The minimum absolute atomic E-state index is 0.149. The quantitative estimate of drug-likeness (QED) is 0.583. The number of ether oxygens (including phenoxy) is 1. The number of carbonyl (C=O) groups excluding carboxylic acids is 1. The van der Waals surface area contributed by atoms with Gasteiger partial charge in [0.05, 0.1) is 11.3 Å². The molecule has 0 heterocycles. The highest BCUT2D eigenvalue weighted by atomic mass is 35.5. The average molecular weight is 378 g/mol. The highest BCUT2D eigenvalue weighted by Gasteiger charge is 2.20. The van der Waals surface area contributed by atoms with Crippen LogP contribution in [0.3, 0.4) is 0 Å². The van der Waals surface area contributed by atoms with E-state index < -0.39 is 28.9 Å². The predicted octanol–water partition coefficient (Wildman–Crippen LogP) is 5.80. The van der Waals surface area contributed by atoms with Crippen LogP contribution in [-0.2, 0) is 0 Å². The van der Waals surface area contributed by atoms with Crippen LogP contribution in [0.2, 0.25) is 5.02 Å². The van der Waals surface area contributed by atoms with Crippen LogP contribution in [0.1, 0.15) is 10.4 Å². The van der Waals surface area contributed by atoms with Crippen molar-refractivity contribution in [1.82, 2.24) is 0 Å². The Bertz CT molecular complexity index is 964. The third-order valence-electron chi connectivity index (χ3n) is 3.44. The lowest BCUT2D eigenvalue weighted by molar-refractivity contribution is 0.102. The van der Waals surface area contributed by atoms with E-state index >= 15 is 0 Å². The van der Waals surface area contributed by atoms with E-state index in [9.17, 15) is 18.0 Å². The summed E-state index contributed by atoms with van der Waals surface area (Å²) >= 11 is 5.94. The maximum Gasteiger partial charge on any atom is 0.258 e. The largest absolute Gasteiger partial charge is 0.455 e. The number of amides is 1. The first-order chi connectivity index (χ1) is 12.5. The summed E-state index contributed by atoms with van der Waals surface area (Å²) in [5.41, 5.74) is -0.495. The van der Waals surface area contributed by atoms with Crippen LogP contribution in [-0.4, -0.2) is 5.91 Å². The monoisotopic (exact) mass is 377 g/mol. The Balaban J connectivity index is 1.91. The Morgan fingerprint density at radius 1 is 0.923 bits per heavy atom. The molecule has 0 atom stereocenters. The van der Waals surface area contributed by atoms with Gasteiger partial charge in [0.25, 0.3) is 5.91 Å². The number of anilines is 1. The Morgan fingerprint density at radius 3 is 2.38 bits per heavy atom. The second-order valence-electron chi connectivity index (χ2n) is 5.23. The second-order valence-corrected chi connectivity index (χ2v) is 5.67. The fourth-order valence-electron chi connectivity index (χ4n) is 2.20. The van der Waals surface area contributed by atoms with Crippen molar-refractivity contribution in [3.8, 4) is 11.5 Å². The van der Waals surface area contributed by atoms with Gasteiger partial charge in [-0.3, -0.25) is 4.79 Å². The summed E-state index contributed by atoms with van der Waals surface area (Å²) in [5.74, 6) is -4.89. The maximum atomic E-state index is 13.8. The van der Waals surface area contributed by atoms with Crippen molar-refractivity contribution in [3.05, 3.63) is 88.7 Å². The zero-order chi connectivity index (χ0) is 18.7. The normalized spacial score (nSPS) is 10.5. The van der Waals surface area contributed by atoms with Crippen LogP contribution in [0, 0.1) is 17.5 Å². The van der Waals surface area contributed by atoms with E-state index in [4.69, 9.17) is 16.3 Å². The van der Waals surface area contributed by atoms with Gasteiger partial charge in [-0.25, -0.2) is 13.2 Å². The number of halogens is 4. The van der Waals surface area contributed by atoms with Crippen molar-refractivity contribution in [2.45, 2.75) is 0 Å². The van der Waals surface area contributed by atoms with Crippen LogP contribution >= 0.6 is 11.6 Å². The van der Waals surface area contributed by atoms with Gasteiger partial charge in [-0.2, -0.15) is 0 Å². The van der Waals surface area contributed by atoms with Gasteiger partial charge in [0.2, 0.25) is 0 Å². The molecule has 0 spiro atoms. The van der Waals surface area contributed by atoms with Gasteiger partial charge in [-0.05, 0) is 42.5 Å². The van der Waals surface area contributed by atoms with E-state index in [0.29, 0.717) is 16.8 Å². The molecule has 0 aliphatic heterocycles. The fourth-order valence-corrected chi connectivity index (χ4v) is 2.37. The lowest BCUT2D eigenvalue weighted by Gasteiger charge is -2.13. The molecule has 26 heavy (non-hydrogen) atoms. The van der Waals surface area contributed by atoms with Crippen LogP contribution < -0.4 is 10.1 Å². The molecule has 0 saturated carbocycles. The summed E-state index contributed by atoms with van der Waals surface area (Å²) in [5, 5.41) is 2.70. The number of carbonyl (C=O) groups is 1. The van der Waals surface area contributed by atoms with Gasteiger partial charge < -0.3 is 10.1 Å². The molecular formula is C19H11ClF3NO2.